The maximum Gasteiger partial charge on any atom is 0.225 e. The minimum atomic E-state index is -0.242. The number of pyridine rings is 1. The van der Waals surface area contributed by atoms with Crippen molar-refractivity contribution in [3.63, 3.8) is 0 Å². The largest absolute Gasteiger partial charge is 0.473 e. The van der Waals surface area contributed by atoms with Crippen molar-refractivity contribution >= 4 is 0 Å². The van der Waals surface area contributed by atoms with Crippen LogP contribution in [0.1, 0.15) is 29.2 Å². The molecule has 3 aromatic carbocycles. The zero-order valence-electron chi connectivity index (χ0n) is 19.4. The standard InChI is InChI=1S/C30H27FN2O2/c31-27-19-24(14-15-26(27)28-13-7-8-18-32-28)25-16-17-29(34-20-22-9-3-1-4-10-22)33-30(25)35-21-23-11-5-2-6-12-23/h1-12,14-17,19,28,32H,13,18,20-21H2. The van der Waals surface area contributed by atoms with Gasteiger partial charge >= 0.3 is 0 Å². The van der Waals surface area contributed by atoms with E-state index >= 15 is 4.39 Å². The molecule has 0 saturated carbocycles. The molecule has 4 nitrogen and oxygen atoms in total. The predicted molar refractivity (Wildman–Crippen MR) is 136 cm³/mol. The highest BCUT2D eigenvalue weighted by atomic mass is 19.1. The van der Waals surface area contributed by atoms with E-state index in [1.807, 2.05) is 78.9 Å². The number of nitrogens with zero attached hydrogens (tertiary/aromatic N) is 1. The summed E-state index contributed by atoms with van der Waals surface area (Å²) in [5, 5.41) is 3.34. The minimum Gasteiger partial charge on any atom is -0.473 e. The van der Waals surface area contributed by atoms with Crippen molar-refractivity contribution in [2.24, 2.45) is 0 Å². The van der Waals surface area contributed by atoms with Gasteiger partial charge in [0.25, 0.3) is 0 Å². The molecule has 1 aliphatic heterocycles. The SMILES string of the molecule is Fc1cc(-c2ccc(OCc3ccccc3)nc2OCc2ccccc2)ccc1C1CC=CCN1. The third-order valence-electron chi connectivity index (χ3n) is 5.99. The Kier molecular flexibility index (Phi) is 7.16. The van der Waals surface area contributed by atoms with E-state index in [-0.39, 0.29) is 11.9 Å². The molecule has 2 heterocycles. The Labute approximate surface area is 205 Å². The lowest BCUT2D eigenvalue weighted by Crippen LogP contribution is -2.24. The van der Waals surface area contributed by atoms with E-state index in [2.05, 4.69) is 22.5 Å². The van der Waals surface area contributed by atoms with Crippen LogP contribution in [0.15, 0.2) is 103 Å². The van der Waals surface area contributed by atoms with Gasteiger partial charge in [0, 0.05) is 29.8 Å². The molecule has 1 unspecified atom stereocenters. The monoisotopic (exact) mass is 466 g/mol. The molecular weight excluding hydrogens is 439 g/mol. The summed E-state index contributed by atoms with van der Waals surface area (Å²) >= 11 is 0. The molecular formula is C30H27FN2O2. The molecule has 1 N–H and O–H groups in total. The van der Waals surface area contributed by atoms with E-state index in [0.29, 0.717) is 36.1 Å². The maximum atomic E-state index is 15.1. The van der Waals surface area contributed by atoms with Crippen LogP contribution in [0.3, 0.4) is 0 Å². The van der Waals surface area contributed by atoms with Crippen molar-refractivity contribution in [2.45, 2.75) is 25.7 Å². The Morgan fingerprint density at radius 2 is 1.51 bits per heavy atom. The summed E-state index contributed by atoms with van der Waals surface area (Å²) in [5.41, 5.74) is 4.17. The Hall–Kier alpha value is -3.96. The summed E-state index contributed by atoms with van der Waals surface area (Å²) in [6, 6.07) is 28.8. The van der Waals surface area contributed by atoms with Gasteiger partial charge in [0.2, 0.25) is 11.8 Å². The van der Waals surface area contributed by atoms with Crippen LogP contribution in [0.2, 0.25) is 0 Å². The molecule has 1 aliphatic rings. The molecule has 0 spiro atoms. The van der Waals surface area contributed by atoms with Crippen LogP contribution < -0.4 is 14.8 Å². The molecule has 0 aliphatic carbocycles. The van der Waals surface area contributed by atoms with Crippen LogP contribution >= 0.6 is 0 Å². The van der Waals surface area contributed by atoms with Crippen molar-refractivity contribution in [3.05, 3.63) is 126 Å². The van der Waals surface area contributed by atoms with Gasteiger partial charge < -0.3 is 14.8 Å². The molecule has 1 atom stereocenters. The quantitative estimate of drug-likeness (QED) is 0.296. The molecule has 5 rings (SSSR count). The Balaban J connectivity index is 1.41. The van der Waals surface area contributed by atoms with E-state index in [0.717, 1.165) is 29.7 Å². The molecule has 0 radical (unpaired) electrons. The molecule has 0 amide bonds. The second kappa shape index (κ2) is 11.0. The summed E-state index contributed by atoms with van der Waals surface area (Å²) in [5.74, 6) is 0.620. The number of rotatable bonds is 8. The van der Waals surface area contributed by atoms with Crippen molar-refractivity contribution in [2.75, 3.05) is 6.54 Å². The maximum absolute atomic E-state index is 15.1. The van der Waals surface area contributed by atoms with Crippen LogP contribution in [0.25, 0.3) is 11.1 Å². The van der Waals surface area contributed by atoms with Gasteiger partial charge in [-0.05, 0) is 35.2 Å². The number of hydrogen-bond acceptors (Lipinski definition) is 4. The second-order valence-electron chi connectivity index (χ2n) is 8.45. The molecule has 5 heteroatoms. The average Bonchev–Trinajstić information content (AvgIpc) is 2.92. The number of ether oxygens (including phenoxy) is 2. The predicted octanol–water partition coefficient (Wildman–Crippen LogP) is 6.64. The van der Waals surface area contributed by atoms with E-state index < -0.39 is 0 Å². The molecule has 0 fully saturated rings. The molecule has 4 aromatic rings. The highest BCUT2D eigenvalue weighted by Crippen LogP contribution is 2.34. The summed E-state index contributed by atoms with van der Waals surface area (Å²) in [6.45, 7) is 1.50. The highest BCUT2D eigenvalue weighted by molar-refractivity contribution is 5.69. The van der Waals surface area contributed by atoms with E-state index in [9.17, 15) is 0 Å². The third-order valence-corrected chi connectivity index (χ3v) is 5.99. The molecule has 1 aromatic heterocycles. The van der Waals surface area contributed by atoms with Crippen LogP contribution in [0.5, 0.6) is 11.8 Å². The van der Waals surface area contributed by atoms with Gasteiger partial charge in [-0.3, -0.25) is 0 Å². The fourth-order valence-electron chi connectivity index (χ4n) is 4.11. The second-order valence-corrected chi connectivity index (χ2v) is 8.45. The smallest absolute Gasteiger partial charge is 0.225 e. The van der Waals surface area contributed by atoms with E-state index in [4.69, 9.17) is 9.47 Å². The van der Waals surface area contributed by atoms with Gasteiger partial charge in [0.05, 0.1) is 0 Å². The van der Waals surface area contributed by atoms with Crippen molar-refractivity contribution in [1.82, 2.24) is 10.3 Å². The van der Waals surface area contributed by atoms with Crippen molar-refractivity contribution in [1.29, 1.82) is 0 Å². The van der Waals surface area contributed by atoms with Gasteiger partial charge in [-0.2, -0.15) is 4.98 Å². The van der Waals surface area contributed by atoms with E-state index in [1.165, 1.54) is 0 Å². The van der Waals surface area contributed by atoms with Crippen molar-refractivity contribution < 1.29 is 13.9 Å². The van der Waals surface area contributed by atoms with Gasteiger partial charge in [-0.25, -0.2) is 4.39 Å². The van der Waals surface area contributed by atoms with Crippen molar-refractivity contribution in [3.8, 4) is 22.9 Å². The first kappa shape index (κ1) is 22.8. The fraction of sp³-hybridized carbons (Fsp3) is 0.167. The first-order valence-electron chi connectivity index (χ1n) is 11.8. The number of benzene rings is 3. The number of hydrogen-bond donors (Lipinski definition) is 1. The first-order valence-corrected chi connectivity index (χ1v) is 11.8. The summed E-state index contributed by atoms with van der Waals surface area (Å²) in [7, 11) is 0. The van der Waals surface area contributed by atoms with Crippen LogP contribution in [0, 0.1) is 5.82 Å². The molecule has 0 saturated heterocycles. The first-order chi connectivity index (χ1) is 17.3. The lowest BCUT2D eigenvalue weighted by atomic mass is 9.97. The van der Waals surface area contributed by atoms with Gasteiger partial charge in [-0.1, -0.05) is 84.9 Å². The molecule has 176 valence electrons. The Morgan fingerprint density at radius 1 is 0.800 bits per heavy atom. The van der Waals surface area contributed by atoms with Crippen LogP contribution in [-0.4, -0.2) is 11.5 Å². The van der Waals surface area contributed by atoms with Crippen LogP contribution in [0.4, 0.5) is 4.39 Å². The average molecular weight is 467 g/mol. The number of aromatic nitrogens is 1. The lowest BCUT2D eigenvalue weighted by molar-refractivity contribution is 0.268. The zero-order valence-corrected chi connectivity index (χ0v) is 19.4. The molecule has 35 heavy (non-hydrogen) atoms. The third kappa shape index (κ3) is 5.76. The highest BCUT2D eigenvalue weighted by Gasteiger charge is 2.18. The lowest BCUT2D eigenvalue weighted by Gasteiger charge is -2.21. The van der Waals surface area contributed by atoms with Gasteiger partial charge in [0.15, 0.2) is 0 Å². The Morgan fingerprint density at radius 3 is 2.17 bits per heavy atom. The summed E-state index contributed by atoms with van der Waals surface area (Å²) < 4.78 is 27.2. The summed E-state index contributed by atoms with van der Waals surface area (Å²) in [4.78, 5) is 4.63. The van der Waals surface area contributed by atoms with E-state index in [1.54, 1.807) is 12.1 Å². The normalized spacial score (nSPS) is 15.1. The fourth-order valence-corrected chi connectivity index (χ4v) is 4.11. The molecule has 0 bridgehead atoms. The number of nitrogens with one attached hydrogen (secondary N) is 1. The zero-order chi connectivity index (χ0) is 23.9. The number of halogens is 1. The van der Waals surface area contributed by atoms with Crippen LogP contribution in [-0.2, 0) is 13.2 Å². The summed E-state index contributed by atoms with van der Waals surface area (Å²) in [6.07, 6.45) is 4.92. The Bertz CT molecular complexity index is 1290. The van der Waals surface area contributed by atoms with Gasteiger partial charge in [-0.15, -0.1) is 0 Å². The topological polar surface area (TPSA) is 43.4 Å². The minimum absolute atomic E-state index is 0.0188. The van der Waals surface area contributed by atoms with Gasteiger partial charge in [0.1, 0.15) is 19.0 Å².